The molecule has 2 aromatic rings. The van der Waals surface area contributed by atoms with Crippen LogP contribution in [0.1, 0.15) is 41.3 Å². The van der Waals surface area contributed by atoms with Crippen molar-refractivity contribution in [3.63, 3.8) is 0 Å². The third-order valence-electron chi connectivity index (χ3n) is 7.77. The molecular weight excluding hydrogens is 382 g/mol. The Labute approximate surface area is 187 Å². The summed E-state index contributed by atoms with van der Waals surface area (Å²) in [5, 5.41) is 0. The van der Waals surface area contributed by atoms with E-state index >= 15 is 0 Å². The van der Waals surface area contributed by atoms with E-state index in [1.165, 1.54) is 41.8 Å². The Bertz CT molecular complexity index is 904. The van der Waals surface area contributed by atoms with Gasteiger partial charge in [-0.15, -0.1) is 0 Å². The standard InChI is InChI=1S/C26H37N5/c1-28-13-15-31(16-14-28)24-10-5-8-21-18-29(2)22(17-23(21)24)19-30(3)25-11-4-7-20-9-6-12-27-26(20)25/h5-6,8-10,12,22,25H,4,7,11,13-19H2,1-3H3/t22?,25-/m0/s1. The molecule has 1 aromatic heterocycles. The molecule has 5 rings (SSSR count). The van der Waals surface area contributed by atoms with Crippen molar-refractivity contribution in [3.8, 4) is 0 Å². The number of hydrogen-bond acceptors (Lipinski definition) is 5. The molecule has 1 aromatic carbocycles. The van der Waals surface area contributed by atoms with Crippen LogP contribution in [-0.2, 0) is 19.4 Å². The van der Waals surface area contributed by atoms with Gasteiger partial charge in [0.15, 0.2) is 0 Å². The van der Waals surface area contributed by atoms with E-state index in [-0.39, 0.29) is 0 Å². The Morgan fingerprint density at radius 2 is 1.84 bits per heavy atom. The Hall–Kier alpha value is -1.95. The largest absolute Gasteiger partial charge is 0.369 e. The number of rotatable bonds is 4. The normalized spacial score (nSPS) is 24.8. The third-order valence-corrected chi connectivity index (χ3v) is 7.77. The first-order valence-electron chi connectivity index (χ1n) is 12.0. The van der Waals surface area contributed by atoms with Gasteiger partial charge in [-0.2, -0.15) is 0 Å². The van der Waals surface area contributed by atoms with Gasteiger partial charge in [-0.25, -0.2) is 0 Å². The van der Waals surface area contributed by atoms with E-state index in [9.17, 15) is 0 Å². The number of fused-ring (bicyclic) bond motifs is 2. The molecule has 5 heteroatoms. The lowest BCUT2D eigenvalue weighted by atomic mass is 9.89. The van der Waals surface area contributed by atoms with Crippen molar-refractivity contribution in [1.82, 2.24) is 19.7 Å². The maximum Gasteiger partial charge on any atom is 0.0607 e. The van der Waals surface area contributed by atoms with Gasteiger partial charge in [-0.05, 0) is 75.6 Å². The lowest BCUT2D eigenvalue weighted by molar-refractivity contribution is 0.126. The van der Waals surface area contributed by atoms with Crippen molar-refractivity contribution >= 4 is 5.69 Å². The minimum absolute atomic E-state index is 0.452. The number of anilines is 1. The molecule has 1 saturated heterocycles. The van der Waals surface area contributed by atoms with Crippen molar-refractivity contribution in [2.45, 2.75) is 44.3 Å². The molecule has 5 nitrogen and oxygen atoms in total. The zero-order chi connectivity index (χ0) is 21.4. The number of pyridine rings is 1. The quantitative estimate of drug-likeness (QED) is 0.758. The number of likely N-dealkylation sites (N-methyl/N-ethyl adjacent to an activating group) is 3. The van der Waals surface area contributed by atoms with Crippen LogP contribution >= 0.6 is 0 Å². The first-order chi connectivity index (χ1) is 15.1. The Balaban J connectivity index is 1.34. The minimum atomic E-state index is 0.452. The van der Waals surface area contributed by atoms with Gasteiger partial charge in [-0.1, -0.05) is 18.2 Å². The lowest BCUT2D eigenvalue weighted by Crippen LogP contribution is -2.48. The van der Waals surface area contributed by atoms with Gasteiger partial charge < -0.3 is 9.80 Å². The van der Waals surface area contributed by atoms with Gasteiger partial charge >= 0.3 is 0 Å². The van der Waals surface area contributed by atoms with Gasteiger partial charge in [0.05, 0.1) is 11.7 Å². The van der Waals surface area contributed by atoms with E-state index in [4.69, 9.17) is 4.98 Å². The summed E-state index contributed by atoms with van der Waals surface area (Å²) >= 11 is 0. The molecule has 31 heavy (non-hydrogen) atoms. The molecule has 0 N–H and O–H groups in total. The third kappa shape index (κ3) is 4.23. The Kier molecular flexibility index (Phi) is 6.00. The second-order valence-corrected chi connectivity index (χ2v) is 9.87. The van der Waals surface area contributed by atoms with Crippen LogP contribution in [0.2, 0.25) is 0 Å². The average molecular weight is 420 g/mol. The summed E-state index contributed by atoms with van der Waals surface area (Å²) in [5.41, 5.74) is 7.35. The number of nitrogens with zero attached hydrogens (tertiary/aromatic N) is 5. The highest BCUT2D eigenvalue weighted by Crippen LogP contribution is 2.35. The minimum Gasteiger partial charge on any atom is -0.369 e. The van der Waals surface area contributed by atoms with Gasteiger partial charge in [0.25, 0.3) is 0 Å². The molecule has 2 aliphatic heterocycles. The smallest absolute Gasteiger partial charge is 0.0607 e. The molecule has 0 bridgehead atoms. The maximum atomic E-state index is 4.79. The lowest BCUT2D eigenvalue weighted by Gasteiger charge is -2.42. The number of benzene rings is 1. The fourth-order valence-corrected chi connectivity index (χ4v) is 5.82. The van der Waals surface area contributed by atoms with E-state index in [1.54, 1.807) is 5.56 Å². The van der Waals surface area contributed by atoms with E-state index in [1.807, 2.05) is 6.20 Å². The van der Waals surface area contributed by atoms with Crippen LogP contribution in [0.25, 0.3) is 0 Å². The topological polar surface area (TPSA) is 25.9 Å². The van der Waals surface area contributed by atoms with Crippen LogP contribution in [0.5, 0.6) is 0 Å². The molecule has 166 valence electrons. The zero-order valence-corrected chi connectivity index (χ0v) is 19.4. The first-order valence-corrected chi connectivity index (χ1v) is 12.0. The Morgan fingerprint density at radius 1 is 1.03 bits per heavy atom. The van der Waals surface area contributed by atoms with Gasteiger partial charge in [0, 0.05) is 57.2 Å². The fourth-order valence-electron chi connectivity index (χ4n) is 5.82. The van der Waals surface area contributed by atoms with Crippen molar-refractivity contribution in [3.05, 3.63) is 58.9 Å². The number of aryl methyl sites for hydroxylation is 1. The number of hydrogen-bond donors (Lipinski definition) is 0. The second-order valence-electron chi connectivity index (χ2n) is 9.87. The molecular formula is C26H37N5. The summed E-state index contributed by atoms with van der Waals surface area (Å²) in [6.07, 6.45) is 6.78. The zero-order valence-electron chi connectivity index (χ0n) is 19.4. The van der Waals surface area contributed by atoms with Gasteiger partial charge in [0.1, 0.15) is 0 Å². The average Bonchev–Trinajstić information content (AvgIpc) is 2.79. The summed E-state index contributed by atoms with van der Waals surface area (Å²) in [5.74, 6) is 0. The summed E-state index contributed by atoms with van der Waals surface area (Å²) < 4.78 is 0. The SMILES string of the molecule is CN1CCN(c2cccc3c2CC(CN(C)[C@H]2CCCc4cccnc42)N(C)C3)CC1. The molecule has 3 heterocycles. The second kappa shape index (κ2) is 8.89. The molecule has 0 amide bonds. The summed E-state index contributed by atoms with van der Waals surface area (Å²) in [7, 11) is 6.85. The van der Waals surface area contributed by atoms with Crippen LogP contribution in [0, 0.1) is 0 Å². The van der Waals surface area contributed by atoms with Crippen molar-refractivity contribution < 1.29 is 0 Å². The molecule has 1 fully saturated rings. The molecule has 1 aliphatic carbocycles. The molecule has 0 radical (unpaired) electrons. The van der Waals surface area contributed by atoms with Crippen LogP contribution in [0.15, 0.2) is 36.5 Å². The van der Waals surface area contributed by atoms with Crippen LogP contribution < -0.4 is 4.90 Å². The molecule has 3 aliphatic rings. The van der Waals surface area contributed by atoms with Crippen LogP contribution in [0.4, 0.5) is 5.69 Å². The monoisotopic (exact) mass is 419 g/mol. The number of aromatic nitrogens is 1. The predicted octanol–water partition coefficient (Wildman–Crippen LogP) is 3.20. The fraction of sp³-hybridized carbons (Fsp3) is 0.577. The molecule has 2 atom stereocenters. The summed E-state index contributed by atoms with van der Waals surface area (Å²) in [4.78, 5) is 15.0. The predicted molar refractivity (Wildman–Crippen MR) is 128 cm³/mol. The number of piperazine rings is 1. The summed E-state index contributed by atoms with van der Waals surface area (Å²) in [6.45, 7) is 6.73. The van der Waals surface area contributed by atoms with E-state index in [0.717, 1.165) is 45.7 Å². The molecule has 1 unspecified atom stereocenters. The van der Waals surface area contributed by atoms with Crippen molar-refractivity contribution in [2.24, 2.45) is 0 Å². The van der Waals surface area contributed by atoms with Gasteiger partial charge in [0.2, 0.25) is 0 Å². The maximum absolute atomic E-state index is 4.79. The first kappa shape index (κ1) is 20.9. The van der Waals surface area contributed by atoms with Crippen molar-refractivity contribution in [2.75, 3.05) is 58.8 Å². The summed E-state index contributed by atoms with van der Waals surface area (Å²) in [6, 6.07) is 12.3. The van der Waals surface area contributed by atoms with E-state index in [0.29, 0.717) is 12.1 Å². The van der Waals surface area contributed by atoms with Crippen LogP contribution in [-0.4, -0.2) is 79.6 Å². The highest BCUT2D eigenvalue weighted by atomic mass is 15.3. The highest BCUT2D eigenvalue weighted by molar-refractivity contribution is 5.58. The molecule has 0 saturated carbocycles. The van der Waals surface area contributed by atoms with E-state index in [2.05, 4.69) is 71.1 Å². The van der Waals surface area contributed by atoms with E-state index < -0.39 is 0 Å². The van der Waals surface area contributed by atoms with Crippen LogP contribution in [0.3, 0.4) is 0 Å². The Morgan fingerprint density at radius 3 is 2.68 bits per heavy atom. The van der Waals surface area contributed by atoms with Gasteiger partial charge in [-0.3, -0.25) is 14.8 Å². The van der Waals surface area contributed by atoms with Crippen molar-refractivity contribution in [1.29, 1.82) is 0 Å². The molecule has 0 spiro atoms. The highest BCUT2D eigenvalue weighted by Gasteiger charge is 2.31.